The molecule has 1 aromatic rings. The third kappa shape index (κ3) is 3.25. The summed E-state index contributed by atoms with van der Waals surface area (Å²) in [6.45, 7) is 0.136. The summed E-state index contributed by atoms with van der Waals surface area (Å²) < 4.78 is 51.0. The van der Waals surface area contributed by atoms with E-state index in [4.69, 9.17) is 5.11 Å². The molecule has 0 aliphatic carbocycles. The molecule has 128 valence electrons. The molecule has 2 rings (SSSR count). The number of carboxylic acids is 1. The van der Waals surface area contributed by atoms with Crippen molar-refractivity contribution in [1.29, 1.82) is 0 Å². The number of aliphatic carboxylic acids is 1. The maximum atomic E-state index is 12.5. The lowest BCUT2D eigenvalue weighted by Crippen LogP contribution is -2.40. The zero-order valence-corrected chi connectivity index (χ0v) is 14.3. The summed E-state index contributed by atoms with van der Waals surface area (Å²) in [5.74, 6) is -1.18. The minimum atomic E-state index is -3.97. The first-order chi connectivity index (χ1) is 10.6. The number of rotatable bonds is 5. The Balaban J connectivity index is 2.37. The first-order valence-electron chi connectivity index (χ1n) is 6.85. The van der Waals surface area contributed by atoms with Crippen LogP contribution in [0.2, 0.25) is 0 Å². The van der Waals surface area contributed by atoms with Crippen LogP contribution in [-0.4, -0.2) is 63.2 Å². The van der Waals surface area contributed by atoms with E-state index in [-0.39, 0.29) is 22.8 Å². The Kier molecular flexibility index (Phi) is 4.81. The molecule has 1 saturated heterocycles. The van der Waals surface area contributed by atoms with Crippen molar-refractivity contribution < 1.29 is 26.7 Å². The van der Waals surface area contributed by atoms with E-state index in [1.165, 1.54) is 38.4 Å². The molecule has 1 atom stereocenters. The SMILES string of the molecule is CN(C)S(=O)(=O)c1ccc(S(=O)(=O)N2CCC[C@@H]2C(=O)O)cc1. The van der Waals surface area contributed by atoms with Gasteiger partial charge in [0.05, 0.1) is 9.79 Å². The number of carboxylic acid groups (broad SMARTS) is 1. The van der Waals surface area contributed by atoms with Crippen LogP contribution < -0.4 is 0 Å². The van der Waals surface area contributed by atoms with E-state index in [1.807, 2.05) is 0 Å². The molecule has 1 fully saturated rings. The fourth-order valence-electron chi connectivity index (χ4n) is 2.40. The first kappa shape index (κ1) is 17.9. The van der Waals surface area contributed by atoms with Gasteiger partial charge in [0.15, 0.2) is 0 Å². The molecular weight excluding hydrogens is 344 g/mol. The number of hydrogen-bond donors (Lipinski definition) is 1. The van der Waals surface area contributed by atoms with Crippen molar-refractivity contribution in [1.82, 2.24) is 8.61 Å². The van der Waals surface area contributed by atoms with Crippen molar-refractivity contribution in [3.63, 3.8) is 0 Å². The summed E-state index contributed by atoms with van der Waals surface area (Å²) in [5.41, 5.74) is 0. The maximum Gasteiger partial charge on any atom is 0.322 e. The van der Waals surface area contributed by atoms with E-state index >= 15 is 0 Å². The second kappa shape index (κ2) is 6.19. The molecule has 1 aliphatic heterocycles. The Hall–Kier alpha value is -1.49. The van der Waals surface area contributed by atoms with Gasteiger partial charge in [-0.1, -0.05) is 0 Å². The molecule has 23 heavy (non-hydrogen) atoms. The Morgan fingerprint density at radius 3 is 2.13 bits per heavy atom. The van der Waals surface area contributed by atoms with Gasteiger partial charge in [-0.3, -0.25) is 4.79 Å². The van der Waals surface area contributed by atoms with Gasteiger partial charge in [-0.25, -0.2) is 21.1 Å². The predicted molar refractivity (Wildman–Crippen MR) is 81.9 cm³/mol. The normalized spacial score (nSPS) is 20.0. The van der Waals surface area contributed by atoms with Crippen molar-refractivity contribution in [2.45, 2.75) is 28.7 Å². The standard InChI is InChI=1S/C13H18N2O6S2/c1-14(2)22(18,19)10-5-7-11(8-6-10)23(20,21)15-9-3-4-12(15)13(16)17/h5-8,12H,3-4,9H2,1-2H3,(H,16,17)/t12-/m1/s1. The van der Waals surface area contributed by atoms with Crippen molar-refractivity contribution in [2.24, 2.45) is 0 Å². The molecule has 1 N–H and O–H groups in total. The van der Waals surface area contributed by atoms with E-state index in [1.54, 1.807) is 0 Å². The number of carbonyl (C=O) groups is 1. The van der Waals surface area contributed by atoms with Crippen LogP contribution in [0.3, 0.4) is 0 Å². The molecule has 0 amide bonds. The van der Waals surface area contributed by atoms with Crippen molar-refractivity contribution >= 4 is 26.0 Å². The smallest absolute Gasteiger partial charge is 0.322 e. The fraction of sp³-hybridized carbons (Fsp3) is 0.462. The molecule has 0 radical (unpaired) electrons. The van der Waals surface area contributed by atoms with Gasteiger partial charge in [-0.2, -0.15) is 4.31 Å². The minimum Gasteiger partial charge on any atom is -0.480 e. The molecule has 0 bridgehead atoms. The van der Waals surface area contributed by atoms with Crippen LogP contribution in [0, 0.1) is 0 Å². The van der Waals surface area contributed by atoms with Gasteiger partial charge < -0.3 is 5.11 Å². The quantitative estimate of drug-likeness (QED) is 0.799. The molecular formula is C13H18N2O6S2. The molecule has 1 aromatic carbocycles. The lowest BCUT2D eigenvalue weighted by atomic mass is 10.2. The molecule has 10 heteroatoms. The highest BCUT2D eigenvalue weighted by atomic mass is 32.2. The highest BCUT2D eigenvalue weighted by Crippen LogP contribution is 2.27. The Morgan fingerprint density at radius 2 is 1.65 bits per heavy atom. The van der Waals surface area contributed by atoms with E-state index in [0.29, 0.717) is 6.42 Å². The largest absolute Gasteiger partial charge is 0.480 e. The van der Waals surface area contributed by atoms with Crippen LogP contribution in [0.4, 0.5) is 0 Å². The van der Waals surface area contributed by atoms with Gasteiger partial charge in [0.25, 0.3) is 0 Å². The minimum absolute atomic E-state index is 0.0299. The summed E-state index contributed by atoms with van der Waals surface area (Å²) in [7, 11) is -4.87. The number of hydrogen-bond acceptors (Lipinski definition) is 5. The molecule has 0 unspecified atom stereocenters. The highest BCUT2D eigenvalue weighted by molar-refractivity contribution is 7.89. The number of sulfonamides is 2. The number of nitrogens with zero attached hydrogens (tertiary/aromatic N) is 2. The van der Waals surface area contributed by atoms with Crippen molar-refractivity contribution in [3.8, 4) is 0 Å². The van der Waals surface area contributed by atoms with Gasteiger partial charge in [0, 0.05) is 20.6 Å². The van der Waals surface area contributed by atoms with Crippen molar-refractivity contribution in [3.05, 3.63) is 24.3 Å². The summed E-state index contributed by atoms with van der Waals surface area (Å²) in [5, 5.41) is 9.11. The van der Waals surface area contributed by atoms with E-state index in [2.05, 4.69) is 0 Å². The van der Waals surface area contributed by atoms with Crippen LogP contribution in [0.1, 0.15) is 12.8 Å². The Labute approximate surface area is 135 Å². The molecule has 0 spiro atoms. The topological polar surface area (TPSA) is 112 Å². The third-order valence-corrected chi connectivity index (χ3v) is 7.45. The van der Waals surface area contributed by atoms with Gasteiger partial charge in [0.1, 0.15) is 6.04 Å². The average molecular weight is 362 g/mol. The van der Waals surface area contributed by atoms with Crippen LogP contribution in [0.5, 0.6) is 0 Å². The fourth-order valence-corrected chi connectivity index (χ4v) is 4.96. The molecule has 1 aliphatic rings. The van der Waals surface area contributed by atoms with Gasteiger partial charge >= 0.3 is 5.97 Å². The summed E-state index contributed by atoms with van der Waals surface area (Å²) in [6.07, 6.45) is 0.741. The van der Waals surface area contributed by atoms with E-state index in [9.17, 15) is 21.6 Å². The van der Waals surface area contributed by atoms with Crippen LogP contribution in [-0.2, 0) is 24.8 Å². The van der Waals surface area contributed by atoms with E-state index in [0.717, 1.165) is 8.61 Å². The second-order valence-corrected chi connectivity index (χ2v) is 9.41. The Morgan fingerprint density at radius 1 is 1.13 bits per heavy atom. The summed E-state index contributed by atoms with van der Waals surface area (Å²) in [4.78, 5) is 11.0. The second-order valence-electron chi connectivity index (χ2n) is 5.37. The van der Waals surface area contributed by atoms with Gasteiger partial charge in [0.2, 0.25) is 20.0 Å². The van der Waals surface area contributed by atoms with Gasteiger partial charge in [-0.15, -0.1) is 0 Å². The first-order valence-corrected chi connectivity index (χ1v) is 9.74. The van der Waals surface area contributed by atoms with Crippen molar-refractivity contribution in [2.75, 3.05) is 20.6 Å². The highest BCUT2D eigenvalue weighted by Gasteiger charge is 2.39. The maximum absolute atomic E-state index is 12.5. The summed E-state index contributed by atoms with van der Waals surface area (Å²) in [6, 6.07) is 3.69. The predicted octanol–water partition coefficient (Wildman–Crippen LogP) is 0.175. The lowest BCUT2D eigenvalue weighted by Gasteiger charge is -2.21. The van der Waals surface area contributed by atoms with E-state index < -0.39 is 32.1 Å². The average Bonchev–Trinajstić information content (AvgIpc) is 2.97. The third-order valence-electron chi connectivity index (χ3n) is 3.70. The Bertz CT molecular complexity index is 799. The van der Waals surface area contributed by atoms with Gasteiger partial charge in [-0.05, 0) is 37.1 Å². The molecule has 0 saturated carbocycles. The zero-order chi connectivity index (χ0) is 17.4. The number of benzene rings is 1. The summed E-state index contributed by atoms with van der Waals surface area (Å²) >= 11 is 0. The monoisotopic (exact) mass is 362 g/mol. The van der Waals surface area contributed by atoms with Crippen LogP contribution in [0.25, 0.3) is 0 Å². The molecule has 0 aromatic heterocycles. The van der Waals surface area contributed by atoms with Crippen LogP contribution in [0.15, 0.2) is 34.1 Å². The lowest BCUT2D eigenvalue weighted by molar-refractivity contribution is -0.140. The van der Waals surface area contributed by atoms with Crippen LogP contribution >= 0.6 is 0 Å². The zero-order valence-electron chi connectivity index (χ0n) is 12.7. The molecule has 1 heterocycles. The molecule has 8 nitrogen and oxygen atoms in total.